The first-order valence-corrected chi connectivity index (χ1v) is 21.4. The fraction of sp³-hybridized carbons (Fsp3) is 0.0256. The summed E-state index contributed by atoms with van der Waals surface area (Å²) in [5.41, 5.74) is 6.41. The minimum absolute atomic E-state index is 0.0532. The Morgan fingerprint density at radius 2 is 1.20 bits per heavy atom. The van der Waals surface area contributed by atoms with Gasteiger partial charge in [-0.25, -0.2) is 0 Å². The number of Topliss-reactive ketones (excluding diaryl/α,β-unsaturated/α-hetero) is 2. The second-order valence-electron chi connectivity index (χ2n) is 12.9. The van der Waals surface area contributed by atoms with E-state index >= 15 is 0 Å². The minimum Gasteiger partial charge on any atom is -0.506 e. The number of aromatic hydroxyl groups is 1. The first kappa shape index (κ1) is 41.2. The maximum Gasteiger partial charge on any atom is 0.298 e. The summed E-state index contributed by atoms with van der Waals surface area (Å²) in [5, 5.41) is 22.1. The number of hydrogen-bond donors (Lipinski definition) is 7. The van der Waals surface area contributed by atoms with E-state index < -0.39 is 73.8 Å². The maximum atomic E-state index is 13.7. The van der Waals surface area contributed by atoms with Gasteiger partial charge in [-0.3, -0.25) is 34.1 Å². The number of ketones is 2. The van der Waals surface area contributed by atoms with Gasteiger partial charge < -0.3 is 15.2 Å². The zero-order chi connectivity index (χ0) is 43.1. The number of benzene rings is 5. The van der Waals surface area contributed by atoms with Gasteiger partial charge in [0.2, 0.25) is 11.6 Å². The number of allylic oxidation sites excluding steroid dienone is 2. The quantitative estimate of drug-likeness (QED) is 0.0484. The molecule has 0 amide bonds. The number of anilines is 4. The van der Waals surface area contributed by atoms with Gasteiger partial charge >= 0.3 is 0 Å². The lowest BCUT2D eigenvalue weighted by Gasteiger charge is -2.18. The summed E-state index contributed by atoms with van der Waals surface area (Å²) < 4.78 is 107. The Morgan fingerprint density at radius 3 is 1.85 bits per heavy atom. The first-order chi connectivity index (χ1) is 28.3. The van der Waals surface area contributed by atoms with Crippen LogP contribution >= 0.6 is 0 Å². The first-order valence-electron chi connectivity index (χ1n) is 17.1. The van der Waals surface area contributed by atoms with Crippen LogP contribution in [0, 0.1) is 0 Å². The lowest BCUT2D eigenvalue weighted by Crippen LogP contribution is -2.27. The second-order valence-corrected chi connectivity index (χ2v) is 17.1. The average Bonchev–Trinajstić information content (AvgIpc) is 3.19. The van der Waals surface area contributed by atoms with Gasteiger partial charge in [-0.05, 0) is 95.1 Å². The molecule has 0 aromatic heterocycles. The summed E-state index contributed by atoms with van der Waals surface area (Å²) in [7, 11) is -13.4. The fourth-order valence-corrected chi connectivity index (χ4v) is 7.96. The Hall–Kier alpha value is -7.01. The summed E-state index contributed by atoms with van der Waals surface area (Å²) >= 11 is 0. The highest BCUT2D eigenvalue weighted by Crippen LogP contribution is 2.36. The number of hydrogen-bond acceptors (Lipinski definition) is 15. The normalized spacial score (nSPS) is 15.5. The zero-order valence-electron chi connectivity index (χ0n) is 30.6. The number of phenols is 1. The lowest BCUT2D eigenvalue weighted by molar-refractivity contribution is -0.109. The van der Waals surface area contributed by atoms with Crippen LogP contribution < -0.4 is 20.9 Å². The van der Waals surface area contributed by atoms with Crippen molar-refractivity contribution in [2.24, 2.45) is 10.2 Å². The number of fused-ring (bicyclic) bond motifs is 2. The number of methoxy groups -OCH3 is 1. The molecule has 18 nitrogen and oxygen atoms in total. The van der Waals surface area contributed by atoms with E-state index in [0.717, 1.165) is 36.0 Å². The third-order valence-corrected chi connectivity index (χ3v) is 11.6. The van der Waals surface area contributed by atoms with Gasteiger partial charge in [-0.15, -0.1) is 0 Å². The van der Waals surface area contributed by atoms with Crippen molar-refractivity contribution in [3.8, 4) is 22.6 Å². The zero-order valence-corrected chi connectivity index (χ0v) is 33.0. The van der Waals surface area contributed by atoms with Gasteiger partial charge in [0.15, 0.2) is 5.71 Å². The smallest absolute Gasteiger partial charge is 0.298 e. The predicted octanol–water partition coefficient (Wildman–Crippen LogP) is 5.58. The van der Waals surface area contributed by atoms with Crippen LogP contribution in [0.4, 0.5) is 22.7 Å². The number of ether oxygens (including phenoxy) is 1. The monoisotopic (exact) mass is 871 g/mol. The number of nitrogens with zero attached hydrogens (tertiary/aromatic N) is 2. The Labute approximate surface area is 341 Å². The van der Waals surface area contributed by atoms with E-state index in [-0.39, 0.29) is 39.4 Å². The molecule has 0 saturated heterocycles. The van der Waals surface area contributed by atoms with Crippen LogP contribution in [0.2, 0.25) is 0 Å². The van der Waals surface area contributed by atoms with E-state index in [4.69, 9.17) is 4.74 Å². The highest BCUT2D eigenvalue weighted by molar-refractivity contribution is 7.91. The highest BCUT2D eigenvalue weighted by atomic mass is 32.2. The fourth-order valence-electron chi connectivity index (χ4n) is 6.18. The Morgan fingerprint density at radius 1 is 0.567 bits per heavy atom. The third kappa shape index (κ3) is 8.42. The number of carbonyl (C=O) groups is 2. The Balaban J connectivity index is 1.14. The van der Waals surface area contributed by atoms with Crippen LogP contribution in [0.25, 0.3) is 23.3 Å². The molecule has 0 heterocycles. The molecule has 2 aliphatic rings. The molecule has 0 bridgehead atoms. The van der Waals surface area contributed by atoms with Crippen LogP contribution in [0.5, 0.6) is 11.5 Å². The number of hydrazone groups is 2. The Bertz CT molecular complexity index is 3130. The van der Waals surface area contributed by atoms with Crippen LogP contribution in [-0.2, 0) is 35.1 Å². The standard InChI is InChI=1S/C39H29N5O13S3/c1-57-33-17-22(9-14-31(33)42-44-37-34(59(51,52)53)18-23-7-10-26(20-29(23)38(37)46)40-25-5-3-2-4-6-25)21-8-13-30(32(45)16-21)41-43-36-28-12-11-27(58(48,49)50)15-24(28)19-35(39(36)47)60(54,55)56/h2-20,40-42,45H,1H3,(H,48,49,50)(H,51,52,53)(H,54,55,56). The molecule has 60 heavy (non-hydrogen) atoms. The molecule has 0 spiro atoms. The second kappa shape index (κ2) is 15.6. The van der Waals surface area contributed by atoms with Crippen molar-refractivity contribution in [1.29, 1.82) is 0 Å². The average molecular weight is 872 g/mol. The van der Waals surface area contributed by atoms with Crippen molar-refractivity contribution in [2.75, 3.05) is 23.3 Å². The van der Waals surface area contributed by atoms with Crippen LogP contribution in [-0.4, -0.2) is 74.1 Å². The van der Waals surface area contributed by atoms with Gasteiger partial charge in [0.1, 0.15) is 27.0 Å². The molecule has 5 aromatic carbocycles. The van der Waals surface area contributed by atoms with E-state index in [1.165, 1.54) is 49.6 Å². The molecule has 0 atom stereocenters. The van der Waals surface area contributed by atoms with E-state index in [1.807, 2.05) is 30.3 Å². The number of para-hydroxylation sites is 1. The summed E-state index contributed by atoms with van der Waals surface area (Å²) in [6.07, 6.45) is 1.87. The van der Waals surface area contributed by atoms with Crippen LogP contribution in [0.3, 0.4) is 0 Å². The molecular formula is C39H29N5O13S3. The third-order valence-electron chi connectivity index (χ3n) is 9.06. The molecule has 2 aliphatic carbocycles. The molecule has 5 aromatic rings. The van der Waals surface area contributed by atoms with Crippen molar-refractivity contribution in [2.45, 2.75) is 4.90 Å². The molecule has 306 valence electrons. The lowest BCUT2D eigenvalue weighted by atomic mass is 9.94. The van der Waals surface area contributed by atoms with Gasteiger partial charge in [-0.2, -0.15) is 35.5 Å². The van der Waals surface area contributed by atoms with E-state index in [1.54, 1.807) is 12.1 Å². The molecule has 21 heteroatoms. The highest BCUT2D eigenvalue weighted by Gasteiger charge is 2.35. The van der Waals surface area contributed by atoms with Crippen molar-refractivity contribution in [3.63, 3.8) is 0 Å². The minimum atomic E-state index is -5.11. The van der Waals surface area contributed by atoms with E-state index in [2.05, 4.69) is 26.4 Å². The SMILES string of the molecule is COc1cc(-c2ccc(NN=C3C(=O)C(S(=O)(=O)O)=Cc4cc(S(=O)(=O)O)ccc43)c(O)c2)ccc1NN=C1C(=O)c2cc(Nc3ccccc3)ccc2C=C1S(=O)(=O)O. The van der Waals surface area contributed by atoms with Crippen molar-refractivity contribution in [1.82, 2.24) is 0 Å². The van der Waals surface area contributed by atoms with Crippen molar-refractivity contribution < 1.29 is 58.3 Å². The molecule has 7 rings (SSSR count). The molecule has 0 aliphatic heterocycles. The van der Waals surface area contributed by atoms with Crippen molar-refractivity contribution >= 4 is 88.2 Å². The molecule has 0 unspecified atom stereocenters. The largest absolute Gasteiger partial charge is 0.506 e. The van der Waals surface area contributed by atoms with Gasteiger partial charge in [0.05, 0.1) is 23.4 Å². The van der Waals surface area contributed by atoms with Gasteiger partial charge in [0, 0.05) is 22.5 Å². The maximum absolute atomic E-state index is 13.7. The molecule has 7 N–H and O–H groups in total. The van der Waals surface area contributed by atoms with Gasteiger partial charge in [-0.1, -0.05) is 42.5 Å². The van der Waals surface area contributed by atoms with Crippen LogP contribution in [0.1, 0.15) is 27.0 Å². The number of nitrogens with one attached hydrogen (secondary N) is 3. The topological polar surface area (TPSA) is 288 Å². The molecule has 0 fully saturated rings. The summed E-state index contributed by atoms with van der Waals surface area (Å²) in [4.78, 5) is 24.3. The summed E-state index contributed by atoms with van der Waals surface area (Å²) in [6, 6.07) is 25.6. The predicted molar refractivity (Wildman–Crippen MR) is 222 cm³/mol. The van der Waals surface area contributed by atoms with E-state index in [9.17, 15) is 53.6 Å². The van der Waals surface area contributed by atoms with Gasteiger partial charge in [0.25, 0.3) is 30.4 Å². The number of rotatable bonds is 11. The number of phenolic OH excluding ortho intramolecular Hbond substituents is 1. The molecule has 0 radical (unpaired) electrons. The Kier molecular flexibility index (Phi) is 10.7. The van der Waals surface area contributed by atoms with E-state index in [0.29, 0.717) is 16.8 Å². The van der Waals surface area contributed by atoms with Crippen molar-refractivity contribution in [3.05, 3.63) is 135 Å². The summed E-state index contributed by atoms with van der Waals surface area (Å²) in [6.45, 7) is 0. The van der Waals surface area contributed by atoms with Crippen LogP contribution in [0.15, 0.2) is 128 Å². The summed E-state index contributed by atoms with van der Waals surface area (Å²) in [5.74, 6) is -2.27. The number of carbonyl (C=O) groups excluding carboxylic acids is 2. The molecular weight excluding hydrogens is 843 g/mol. The molecule has 0 saturated carbocycles.